The summed E-state index contributed by atoms with van der Waals surface area (Å²) in [6, 6.07) is 15.0. The van der Waals surface area contributed by atoms with Gasteiger partial charge >= 0.3 is 11.4 Å². The predicted octanol–water partition coefficient (Wildman–Crippen LogP) is 5.01. The largest absolute Gasteiger partial charge is 0.497 e. The average Bonchev–Trinajstić information content (AvgIpc) is 2.65. The van der Waals surface area contributed by atoms with Crippen LogP contribution < -0.4 is 9.47 Å². The van der Waals surface area contributed by atoms with Crippen molar-refractivity contribution in [3.63, 3.8) is 0 Å². The highest BCUT2D eigenvalue weighted by molar-refractivity contribution is 5.70. The van der Waals surface area contributed by atoms with Crippen molar-refractivity contribution in [1.82, 2.24) is 0 Å². The molecule has 2 aromatic rings. The van der Waals surface area contributed by atoms with Crippen molar-refractivity contribution in [3.8, 4) is 24.6 Å². The van der Waals surface area contributed by atoms with Crippen molar-refractivity contribution < 1.29 is 9.47 Å². The van der Waals surface area contributed by atoms with E-state index in [1.165, 1.54) is 0 Å². The van der Waals surface area contributed by atoms with E-state index in [0.717, 1.165) is 22.6 Å². The Balaban J connectivity index is 2.34. The highest BCUT2D eigenvalue weighted by atomic mass is 16.5. The quantitative estimate of drug-likeness (QED) is 0.725. The van der Waals surface area contributed by atoms with Crippen LogP contribution in [0.1, 0.15) is 11.1 Å². The summed E-state index contributed by atoms with van der Waals surface area (Å²) < 4.78 is 10.3. The van der Waals surface area contributed by atoms with E-state index in [1.54, 1.807) is 26.4 Å². The van der Waals surface area contributed by atoms with Crippen LogP contribution in [0, 0.1) is 13.1 Å². The molecule has 0 radical (unpaired) electrons. The van der Waals surface area contributed by atoms with Crippen molar-refractivity contribution in [2.45, 2.75) is 0 Å². The summed E-state index contributed by atoms with van der Waals surface area (Å²) in [7, 11) is 3.24. The fourth-order valence-corrected chi connectivity index (χ4v) is 2.07. The molecule has 4 nitrogen and oxygen atoms in total. The molecular formula is C20H18N2O2+2. The van der Waals surface area contributed by atoms with E-state index in [4.69, 9.17) is 22.6 Å². The summed E-state index contributed by atoms with van der Waals surface area (Å²) in [6.45, 7) is 11.0. The molecule has 0 bridgehead atoms. The monoisotopic (exact) mass is 318 g/mol. The van der Waals surface area contributed by atoms with Crippen LogP contribution in [0.15, 0.2) is 59.9 Å². The Bertz CT molecular complexity index is 760. The Morgan fingerprint density at radius 3 is 1.29 bits per heavy atom. The highest BCUT2D eigenvalue weighted by Crippen LogP contribution is 2.22. The molecule has 0 saturated heterocycles. The zero-order chi connectivity index (χ0) is 17.4. The Morgan fingerprint density at radius 2 is 1.04 bits per heavy atom. The molecule has 2 rings (SSSR count). The van der Waals surface area contributed by atoms with Crippen molar-refractivity contribution in [2.24, 2.45) is 0 Å². The van der Waals surface area contributed by atoms with Gasteiger partial charge in [-0.3, -0.25) is 0 Å². The lowest BCUT2D eigenvalue weighted by Crippen LogP contribution is -1.85. The number of hydrogen-bond donors (Lipinski definition) is 0. The molecular weight excluding hydrogens is 300 g/mol. The number of methoxy groups -OCH3 is 2. The van der Waals surface area contributed by atoms with Crippen molar-refractivity contribution >= 4 is 12.2 Å². The van der Waals surface area contributed by atoms with E-state index < -0.39 is 0 Å². The molecule has 0 N–H and O–H groups in total. The van der Waals surface area contributed by atoms with Gasteiger partial charge in [-0.05, 0) is 45.1 Å². The Kier molecular flexibility index (Phi) is 5.77. The van der Waals surface area contributed by atoms with E-state index in [2.05, 4.69) is 9.69 Å². The number of hydrogen-bond acceptors (Lipinski definition) is 2. The molecule has 0 aromatic heterocycles. The molecule has 0 fully saturated rings. The number of ether oxygens (including phenoxy) is 2. The van der Waals surface area contributed by atoms with Gasteiger partial charge in [0, 0.05) is 12.2 Å². The summed E-state index contributed by atoms with van der Waals surface area (Å²) in [5.74, 6) is 1.55. The van der Waals surface area contributed by atoms with Gasteiger partial charge in [-0.15, -0.1) is 0 Å². The minimum absolute atomic E-state index is 0.471. The molecule has 0 atom stereocenters. The lowest BCUT2D eigenvalue weighted by atomic mass is 10.1. The van der Waals surface area contributed by atoms with Crippen LogP contribution in [-0.4, -0.2) is 14.2 Å². The molecule has 2 aromatic carbocycles. The van der Waals surface area contributed by atoms with Gasteiger partial charge < -0.3 is 9.47 Å². The van der Waals surface area contributed by atoms with Crippen LogP contribution in [0.2, 0.25) is 0 Å². The Hall–Kier alpha value is -3.50. The minimum Gasteiger partial charge on any atom is -0.497 e. The predicted molar refractivity (Wildman–Crippen MR) is 98.6 cm³/mol. The molecule has 118 valence electrons. The lowest BCUT2D eigenvalue weighted by molar-refractivity contribution is 0.414. The molecule has 0 saturated carbocycles. The normalized spacial score (nSPS) is 11.3. The SMILES string of the molecule is C#[N+]C(=C\c1ccc(OC)cc1)/C(=C/c1ccc(OC)cc1)[N+]#C. The summed E-state index contributed by atoms with van der Waals surface area (Å²) in [6.07, 6.45) is 3.59. The van der Waals surface area contributed by atoms with Crippen LogP contribution in [-0.2, 0) is 0 Å². The van der Waals surface area contributed by atoms with E-state index in [0.29, 0.717) is 11.4 Å². The molecule has 0 spiro atoms. The third kappa shape index (κ3) is 4.25. The maximum atomic E-state index is 5.51. The van der Waals surface area contributed by atoms with Crippen LogP contribution in [0.4, 0.5) is 0 Å². The van der Waals surface area contributed by atoms with E-state index in [-0.39, 0.29) is 0 Å². The lowest BCUT2D eigenvalue weighted by Gasteiger charge is -1.98. The molecule has 0 aliphatic heterocycles. The molecule has 0 aliphatic rings. The Labute approximate surface area is 141 Å². The third-order valence-electron chi connectivity index (χ3n) is 3.38. The van der Waals surface area contributed by atoms with Crippen molar-refractivity contribution in [1.29, 1.82) is 0 Å². The first kappa shape index (κ1) is 16.9. The molecule has 24 heavy (non-hydrogen) atoms. The average molecular weight is 318 g/mol. The smallest absolute Gasteiger partial charge is 0.430 e. The number of rotatable bonds is 5. The summed E-state index contributed by atoms with van der Waals surface area (Å²) in [4.78, 5) is 7.58. The van der Waals surface area contributed by atoms with Gasteiger partial charge in [0.15, 0.2) is 0 Å². The fourth-order valence-electron chi connectivity index (χ4n) is 2.07. The molecule has 0 unspecified atom stereocenters. The maximum Gasteiger partial charge on any atom is 0.430 e. The highest BCUT2D eigenvalue weighted by Gasteiger charge is 2.24. The summed E-state index contributed by atoms with van der Waals surface area (Å²) in [5.41, 5.74) is 2.76. The van der Waals surface area contributed by atoms with Crippen LogP contribution in [0.5, 0.6) is 11.5 Å². The van der Waals surface area contributed by atoms with Crippen LogP contribution in [0.25, 0.3) is 21.8 Å². The number of nitrogens with zero attached hydrogens (tertiary/aromatic N) is 2. The topological polar surface area (TPSA) is 27.2 Å². The first-order valence-electron chi connectivity index (χ1n) is 7.24. The molecule has 4 heteroatoms. The standard InChI is InChI=1S/C20H18N2O2/c1-21-19(13-15-5-9-17(23-3)10-6-15)20(22-2)14-16-7-11-18(24-4)12-8-16/h1-2,5-14H,3-4H3/q+2/b19-13-,20-14-. The van der Waals surface area contributed by atoms with Crippen molar-refractivity contribution in [3.05, 3.63) is 80.7 Å². The molecule has 0 heterocycles. The van der Waals surface area contributed by atoms with Gasteiger partial charge in [0.05, 0.1) is 14.2 Å². The van der Waals surface area contributed by atoms with Crippen LogP contribution in [0.3, 0.4) is 0 Å². The molecule has 0 aliphatic carbocycles. The first-order chi connectivity index (χ1) is 11.7. The zero-order valence-corrected chi connectivity index (χ0v) is 13.6. The van der Waals surface area contributed by atoms with Gasteiger partial charge in [-0.2, -0.15) is 0 Å². The van der Waals surface area contributed by atoms with Gasteiger partial charge in [-0.25, -0.2) is 0 Å². The van der Waals surface area contributed by atoms with Gasteiger partial charge in [-0.1, -0.05) is 24.3 Å². The summed E-state index contributed by atoms with van der Waals surface area (Å²) >= 11 is 0. The second-order valence-corrected chi connectivity index (χ2v) is 4.86. The second-order valence-electron chi connectivity index (χ2n) is 4.86. The van der Waals surface area contributed by atoms with Crippen molar-refractivity contribution in [2.75, 3.05) is 14.2 Å². The van der Waals surface area contributed by atoms with Crippen LogP contribution >= 0.6 is 0 Å². The second kappa shape index (κ2) is 8.22. The third-order valence-corrected chi connectivity index (χ3v) is 3.38. The first-order valence-corrected chi connectivity index (χ1v) is 7.24. The van der Waals surface area contributed by atoms with Gasteiger partial charge in [0.1, 0.15) is 11.5 Å². The molecule has 0 amide bonds. The summed E-state index contributed by atoms with van der Waals surface area (Å²) in [5, 5.41) is 0. The number of benzene rings is 2. The zero-order valence-electron chi connectivity index (χ0n) is 13.6. The Morgan fingerprint density at radius 1 is 0.708 bits per heavy atom. The van der Waals surface area contributed by atoms with Gasteiger partial charge in [0.25, 0.3) is 13.1 Å². The van der Waals surface area contributed by atoms with E-state index in [9.17, 15) is 0 Å². The maximum absolute atomic E-state index is 5.51. The fraction of sp³-hybridized carbons (Fsp3) is 0.100. The minimum atomic E-state index is 0.471. The van der Waals surface area contributed by atoms with E-state index >= 15 is 0 Å². The van der Waals surface area contributed by atoms with Gasteiger partial charge in [0.2, 0.25) is 0 Å². The van der Waals surface area contributed by atoms with E-state index in [1.807, 2.05) is 48.5 Å².